The summed E-state index contributed by atoms with van der Waals surface area (Å²) < 4.78 is 46.7. The fourth-order valence-electron chi connectivity index (χ4n) is 5.46. The Morgan fingerprint density at radius 1 is 1.00 bits per heavy atom. The normalized spacial score (nSPS) is 20.7. The molecule has 0 spiro atoms. The second-order valence-electron chi connectivity index (χ2n) is 10.2. The number of ether oxygens (including phenoxy) is 3. The number of likely N-dealkylation sites (tertiary alicyclic amines) is 1. The van der Waals surface area contributed by atoms with E-state index in [0.29, 0.717) is 88.3 Å². The summed E-state index contributed by atoms with van der Waals surface area (Å²) in [6.45, 7) is 4.70. The lowest BCUT2D eigenvalue weighted by Crippen LogP contribution is -2.37. The zero-order valence-corrected chi connectivity index (χ0v) is 21.7. The molecule has 39 heavy (non-hydrogen) atoms. The fraction of sp³-hybridized carbons (Fsp3) is 0.556. The number of rotatable bonds is 7. The van der Waals surface area contributed by atoms with Gasteiger partial charge in [0.15, 0.2) is 5.82 Å². The number of carbonyl (C=O) groups excluding carboxylic acids is 1. The van der Waals surface area contributed by atoms with Crippen molar-refractivity contribution in [1.82, 2.24) is 24.4 Å². The zero-order valence-electron chi connectivity index (χ0n) is 21.7. The smallest absolute Gasteiger partial charge is 0.296 e. The zero-order chi connectivity index (χ0) is 26.8. The topological polar surface area (TPSA) is 94.8 Å². The third-order valence-electron chi connectivity index (χ3n) is 7.57. The van der Waals surface area contributed by atoms with Gasteiger partial charge in [-0.2, -0.15) is 9.97 Å². The average molecular weight is 543 g/mol. The van der Waals surface area contributed by atoms with Crippen molar-refractivity contribution in [2.24, 2.45) is 5.92 Å². The number of para-hydroxylation sites is 2. The van der Waals surface area contributed by atoms with E-state index in [-0.39, 0.29) is 29.5 Å². The van der Waals surface area contributed by atoms with Crippen LogP contribution >= 0.6 is 0 Å². The molecule has 0 saturated carbocycles. The third kappa shape index (κ3) is 5.67. The summed E-state index contributed by atoms with van der Waals surface area (Å²) in [6, 6.07) is 8.56. The van der Waals surface area contributed by atoms with Crippen LogP contribution in [0.25, 0.3) is 16.9 Å². The Morgan fingerprint density at radius 2 is 1.77 bits per heavy atom. The van der Waals surface area contributed by atoms with Gasteiger partial charge >= 0.3 is 0 Å². The van der Waals surface area contributed by atoms with Gasteiger partial charge in [0.25, 0.3) is 6.43 Å². The highest BCUT2D eigenvalue weighted by atomic mass is 19.3. The molecule has 3 saturated heterocycles. The summed E-state index contributed by atoms with van der Waals surface area (Å²) in [7, 11) is 0. The first-order valence-electron chi connectivity index (χ1n) is 13.5. The summed E-state index contributed by atoms with van der Waals surface area (Å²) in [5.74, 6) is 1.03. The van der Waals surface area contributed by atoms with Crippen LogP contribution in [0.1, 0.15) is 37.9 Å². The van der Waals surface area contributed by atoms with Gasteiger partial charge < -0.3 is 24.0 Å². The molecular formula is C27H32F2N6O4. The summed E-state index contributed by atoms with van der Waals surface area (Å²) in [5.41, 5.74) is 0.979. The molecule has 2 aromatic heterocycles. The van der Waals surface area contributed by atoms with Crippen LogP contribution in [-0.2, 0) is 14.3 Å². The van der Waals surface area contributed by atoms with Crippen LogP contribution in [-0.4, -0.2) is 89.0 Å². The fourth-order valence-corrected chi connectivity index (χ4v) is 5.46. The van der Waals surface area contributed by atoms with E-state index in [9.17, 15) is 13.6 Å². The van der Waals surface area contributed by atoms with Crippen LogP contribution in [0.2, 0.25) is 0 Å². The van der Waals surface area contributed by atoms with Crippen molar-refractivity contribution in [1.29, 1.82) is 0 Å². The highest BCUT2D eigenvalue weighted by molar-refractivity contribution is 5.78. The van der Waals surface area contributed by atoms with E-state index >= 15 is 0 Å². The molecular weight excluding hydrogens is 510 g/mol. The number of alkyl halides is 2. The molecule has 1 aromatic carbocycles. The molecule has 3 aliphatic rings. The predicted octanol–water partition coefficient (Wildman–Crippen LogP) is 3.39. The van der Waals surface area contributed by atoms with E-state index in [4.69, 9.17) is 14.2 Å². The van der Waals surface area contributed by atoms with Crippen molar-refractivity contribution in [2.45, 2.75) is 38.2 Å². The first-order chi connectivity index (χ1) is 19.0. The van der Waals surface area contributed by atoms with E-state index in [1.807, 2.05) is 9.80 Å². The van der Waals surface area contributed by atoms with Gasteiger partial charge in [-0.05, 0) is 30.9 Å². The minimum atomic E-state index is -2.80. The molecule has 0 bridgehead atoms. The molecule has 208 valence electrons. The molecule has 10 nitrogen and oxygen atoms in total. The Labute approximate surface area is 224 Å². The van der Waals surface area contributed by atoms with Gasteiger partial charge in [0.2, 0.25) is 17.7 Å². The lowest BCUT2D eigenvalue weighted by molar-refractivity contribution is -0.132. The summed E-state index contributed by atoms with van der Waals surface area (Å²) in [5, 5.41) is 0. The van der Waals surface area contributed by atoms with Gasteiger partial charge in [0.1, 0.15) is 11.9 Å². The Morgan fingerprint density at radius 3 is 2.56 bits per heavy atom. The second kappa shape index (κ2) is 11.4. The molecule has 3 fully saturated rings. The minimum Gasteiger partial charge on any atom is -0.472 e. The number of imidazole rings is 1. The maximum absolute atomic E-state index is 14.1. The van der Waals surface area contributed by atoms with Crippen molar-refractivity contribution >= 4 is 22.9 Å². The van der Waals surface area contributed by atoms with Crippen molar-refractivity contribution in [3.63, 3.8) is 0 Å². The Kier molecular flexibility index (Phi) is 7.55. The number of hydrogen-bond acceptors (Lipinski definition) is 8. The van der Waals surface area contributed by atoms with Crippen LogP contribution in [0.3, 0.4) is 0 Å². The standard InChI is InChI=1S/C27H32F2N6O4/c28-25(29)26-30-20-3-1-2-4-21(20)35(26)22-16-23(32-27(31-22)33-9-13-38-14-10-33)39-19-5-8-34(17-19)24(36)15-18-6-11-37-12-7-18/h1-4,16,18-19,25H,5-15,17H2/t19-/m0/s1. The van der Waals surface area contributed by atoms with Crippen molar-refractivity contribution < 1.29 is 27.8 Å². The molecule has 3 aromatic rings. The summed E-state index contributed by atoms with van der Waals surface area (Å²) in [6.07, 6.45) is -0.0263. The average Bonchev–Trinajstić information content (AvgIpc) is 3.59. The first kappa shape index (κ1) is 25.9. The van der Waals surface area contributed by atoms with Gasteiger partial charge in [-0.25, -0.2) is 13.8 Å². The predicted molar refractivity (Wildman–Crippen MR) is 138 cm³/mol. The van der Waals surface area contributed by atoms with E-state index in [0.717, 1.165) is 12.8 Å². The van der Waals surface area contributed by atoms with Crippen LogP contribution in [0.5, 0.6) is 5.88 Å². The maximum atomic E-state index is 14.1. The number of carbonyl (C=O) groups is 1. The molecule has 1 atom stereocenters. The van der Waals surface area contributed by atoms with Crippen LogP contribution in [0.4, 0.5) is 14.7 Å². The molecule has 12 heteroatoms. The molecule has 3 aliphatic heterocycles. The van der Waals surface area contributed by atoms with Crippen LogP contribution in [0.15, 0.2) is 30.3 Å². The third-order valence-corrected chi connectivity index (χ3v) is 7.57. The quantitative estimate of drug-likeness (QED) is 0.449. The number of halogens is 2. The number of fused-ring (bicyclic) bond motifs is 1. The summed E-state index contributed by atoms with van der Waals surface area (Å²) in [4.78, 5) is 30.2. The van der Waals surface area contributed by atoms with E-state index in [1.165, 1.54) is 4.57 Å². The monoisotopic (exact) mass is 542 g/mol. The van der Waals surface area contributed by atoms with E-state index in [1.54, 1.807) is 30.3 Å². The molecule has 5 heterocycles. The first-order valence-corrected chi connectivity index (χ1v) is 13.5. The van der Waals surface area contributed by atoms with E-state index in [2.05, 4.69) is 15.0 Å². The lowest BCUT2D eigenvalue weighted by atomic mass is 9.96. The number of hydrogen-bond donors (Lipinski definition) is 0. The van der Waals surface area contributed by atoms with Gasteiger partial charge in [-0.3, -0.25) is 9.36 Å². The molecule has 0 N–H and O–H groups in total. The Bertz CT molecular complexity index is 1310. The van der Waals surface area contributed by atoms with E-state index < -0.39 is 6.43 Å². The van der Waals surface area contributed by atoms with Crippen LogP contribution < -0.4 is 9.64 Å². The van der Waals surface area contributed by atoms with Crippen molar-refractivity contribution in [3.05, 3.63) is 36.2 Å². The molecule has 1 amide bonds. The SMILES string of the molecule is O=C(CC1CCOCC1)N1CC[C@H](Oc2cc(-n3c(C(F)F)nc4ccccc43)nc(N3CCOCC3)n2)C1. The summed E-state index contributed by atoms with van der Waals surface area (Å²) >= 11 is 0. The molecule has 0 aliphatic carbocycles. The maximum Gasteiger partial charge on any atom is 0.296 e. The van der Waals surface area contributed by atoms with Gasteiger partial charge in [0, 0.05) is 51.8 Å². The second-order valence-corrected chi connectivity index (χ2v) is 10.2. The number of amides is 1. The minimum absolute atomic E-state index is 0.136. The van der Waals surface area contributed by atoms with Gasteiger partial charge in [-0.15, -0.1) is 0 Å². The number of morpholine rings is 1. The highest BCUT2D eigenvalue weighted by Gasteiger charge is 2.31. The molecule has 6 rings (SSSR count). The van der Waals surface area contributed by atoms with Gasteiger partial charge in [-0.1, -0.05) is 12.1 Å². The lowest BCUT2D eigenvalue weighted by Gasteiger charge is -2.27. The highest BCUT2D eigenvalue weighted by Crippen LogP contribution is 2.30. The van der Waals surface area contributed by atoms with Crippen molar-refractivity contribution in [3.8, 4) is 11.7 Å². The largest absolute Gasteiger partial charge is 0.472 e. The van der Waals surface area contributed by atoms with Crippen LogP contribution in [0, 0.1) is 5.92 Å². The Balaban J connectivity index is 1.27. The number of aromatic nitrogens is 4. The van der Waals surface area contributed by atoms with Crippen molar-refractivity contribution in [2.75, 3.05) is 57.5 Å². The molecule has 0 radical (unpaired) electrons. The number of anilines is 1. The molecule has 0 unspecified atom stereocenters. The Hall–Kier alpha value is -3.38. The number of benzene rings is 1. The van der Waals surface area contributed by atoms with Gasteiger partial charge in [0.05, 0.1) is 30.8 Å². The number of nitrogens with zero attached hydrogens (tertiary/aromatic N) is 6.